The van der Waals surface area contributed by atoms with Crippen molar-refractivity contribution in [1.82, 2.24) is 9.88 Å². The van der Waals surface area contributed by atoms with Gasteiger partial charge in [0.25, 0.3) is 0 Å². The molecule has 4 aromatic rings. The van der Waals surface area contributed by atoms with Crippen molar-refractivity contribution in [2.75, 3.05) is 0 Å². The van der Waals surface area contributed by atoms with Gasteiger partial charge in [0.2, 0.25) is 0 Å². The topological polar surface area (TPSA) is 62.7 Å². The first kappa shape index (κ1) is 28.1. The number of carboxylic acid groups (broad SMARTS) is 1. The Morgan fingerprint density at radius 3 is 2.38 bits per heavy atom. The molecule has 1 aliphatic heterocycles. The van der Waals surface area contributed by atoms with Gasteiger partial charge in [0, 0.05) is 17.5 Å². The van der Waals surface area contributed by atoms with Crippen LogP contribution in [-0.4, -0.2) is 27.0 Å². The van der Waals surface area contributed by atoms with Crippen molar-refractivity contribution in [2.24, 2.45) is 0 Å². The Hall–Kier alpha value is -3.48. The highest BCUT2D eigenvalue weighted by atomic mass is 32.1. The molecular weight excluding hydrogens is 516 g/mol. The quantitative estimate of drug-likeness (QED) is 0.192. The lowest BCUT2D eigenvalue weighted by molar-refractivity contribution is -0.144. The van der Waals surface area contributed by atoms with Crippen LogP contribution in [0.1, 0.15) is 72.7 Å². The molecule has 40 heavy (non-hydrogen) atoms. The molecule has 0 fully saturated rings. The van der Waals surface area contributed by atoms with Gasteiger partial charge in [0.1, 0.15) is 23.4 Å². The highest BCUT2D eigenvalue weighted by Crippen LogP contribution is 2.30. The number of thiazole rings is 1. The van der Waals surface area contributed by atoms with Gasteiger partial charge in [-0.25, -0.2) is 4.98 Å². The predicted molar refractivity (Wildman–Crippen MR) is 162 cm³/mol. The number of aromatic nitrogens is 1. The summed E-state index contributed by atoms with van der Waals surface area (Å²) in [6, 6.07) is 24.5. The van der Waals surface area contributed by atoms with Crippen LogP contribution in [0, 0.1) is 0 Å². The van der Waals surface area contributed by atoms with E-state index >= 15 is 0 Å². The Morgan fingerprint density at radius 1 is 1.00 bits per heavy atom. The Balaban J connectivity index is 1.18. The van der Waals surface area contributed by atoms with E-state index in [-0.39, 0.29) is 0 Å². The van der Waals surface area contributed by atoms with Crippen LogP contribution in [0.3, 0.4) is 0 Å². The number of carboxylic acids is 1. The Morgan fingerprint density at radius 2 is 1.70 bits per heavy atom. The number of aliphatic carboxylic acids is 1. The van der Waals surface area contributed by atoms with Gasteiger partial charge in [-0.1, -0.05) is 75.2 Å². The monoisotopic (exact) mass is 554 g/mol. The van der Waals surface area contributed by atoms with Crippen LogP contribution in [0.15, 0.2) is 78.2 Å². The third-order valence-corrected chi connectivity index (χ3v) is 8.64. The number of hydrogen-bond acceptors (Lipinski definition) is 5. The molecule has 0 amide bonds. The second kappa shape index (κ2) is 13.2. The first-order valence-corrected chi connectivity index (χ1v) is 15.2. The fraction of sp³-hybridized carbons (Fsp3) is 0.353. The number of carbonyl (C=O) groups is 1. The van der Waals surface area contributed by atoms with Gasteiger partial charge in [-0.15, -0.1) is 11.3 Å². The number of ether oxygens (including phenoxy) is 1. The second-order valence-corrected chi connectivity index (χ2v) is 11.6. The van der Waals surface area contributed by atoms with Gasteiger partial charge in [-0.05, 0) is 71.7 Å². The average Bonchev–Trinajstić information content (AvgIpc) is 3.44. The van der Waals surface area contributed by atoms with Gasteiger partial charge in [0.05, 0.1) is 12.2 Å². The number of hydrogen-bond donors (Lipinski definition) is 1. The van der Waals surface area contributed by atoms with Crippen LogP contribution < -0.4 is 4.74 Å². The Kier molecular flexibility index (Phi) is 9.30. The van der Waals surface area contributed by atoms with Crippen LogP contribution in [-0.2, 0) is 30.9 Å². The van der Waals surface area contributed by atoms with Crippen molar-refractivity contribution in [1.29, 1.82) is 0 Å². The first-order chi connectivity index (χ1) is 19.5. The minimum Gasteiger partial charge on any atom is -0.489 e. The van der Waals surface area contributed by atoms with Crippen LogP contribution in [0.5, 0.6) is 5.75 Å². The van der Waals surface area contributed by atoms with Crippen molar-refractivity contribution in [3.63, 3.8) is 0 Å². The van der Waals surface area contributed by atoms with Gasteiger partial charge in [-0.2, -0.15) is 0 Å². The zero-order valence-electron chi connectivity index (χ0n) is 23.4. The van der Waals surface area contributed by atoms with E-state index in [0.29, 0.717) is 32.0 Å². The second-order valence-electron chi connectivity index (χ2n) is 10.7. The third kappa shape index (κ3) is 6.80. The molecule has 5 nitrogen and oxygen atoms in total. The number of benzene rings is 3. The summed E-state index contributed by atoms with van der Waals surface area (Å²) in [5, 5.41) is 12.8. The van der Waals surface area contributed by atoms with E-state index in [9.17, 15) is 9.90 Å². The molecule has 0 saturated carbocycles. The maximum absolute atomic E-state index is 12.0. The van der Waals surface area contributed by atoms with E-state index in [2.05, 4.69) is 44.2 Å². The van der Waals surface area contributed by atoms with E-state index in [1.807, 2.05) is 52.7 Å². The summed E-state index contributed by atoms with van der Waals surface area (Å²) >= 11 is 1.58. The molecule has 0 unspecified atom stereocenters. The van der Waals surface area contributed by atoms with Crippen LogP contribution in [0.4, 0.5) is 0 Å². The molecule has 208 valence electrons. The minimum absolute atomic E-state index is 0.521. The molecular formula is C34H38N2O3S. The summed E-state index contributed by atoms with van der Waals surface area (Å²) in [6.45, 7) is 6.20. The van der Waals surface area contributed by atoms with Crippen LogP contribution >= 0.6 is 11.3 Å². The molecule has 3 aromatic carbocycles. The smallest absolute Gasteiger partial charge is 0.321 e. The Bertz CT molecular complexity index is 1390. The van der Waals surface area contributed by atoms with E-state index in [0.717, 1.165) is 27.6 Å². The van der Waals surface area contributed by atoms with Crippen molar-refractivity contribution in [3.8, 4) is 17.0 Å². The predicted octanol–water partition coefficient (Wildman–Crippen LogP) is 8.08. The Labute approximate surface area is 241 Å². The minimum atomic E-state index is -0.782. The lowest BCUT2D eigenvalue weighted by Crippen LogP contribution is -2.44. The number of fused-ring (bicyclic) bond motifs is 1. The SMILES string of the molecule is CCCC(CCC)c1ccc(COc2ccc(-c3csc(CN4Cc5ccccc5C[C@H]4C(=O)O)n3)cc2)cc1. The molecule has 0 spiro atoms. The summed E-state index contributed by atoms with van der Waals surface area (Å²) in [5.74, 6) is 0.698. The van der Waals surface area contributed by atoms with E-state index < -0.39 is 12.0 Å². The average molecular weight is 555 g/mol. The molecule has 1 N–H and O–H groups in total. The molecule has 5 rings (SSSR count). The molecule has 0 aliphatic carbocycles. The standard InChI is InChI=1S/C34H38N2O3S/c1-3-7-25(8-4-2)26-13-11-24(12-14-26)22-39-30-17-15-27(16-18-30)31-23-40-33(35-31)21-36-20-29-10-6-5-9-28(29)19-32(36)34(37)38/h5-6,9-18,23,25,32H,3-4,7-8,19-22H2,1-2H3,(H,37,38)/t32-/m0/s1. The summed E-state index contributed by atoms with van der Waals surface area (Å²) in [6.07, 6.45) is 5.44. The van der Waals surface area contributed by atoms with Gasteiger partial charge < -0.3 is 9.84 Å². The van der Waals surface area contributed by atoms with Crippen molar-refractivity contribution in [3.05, 3.63) is 105 Å². The summed E-state index contributed by atoms with van der Waals surface area (Å²) in [5.41, 5.74) is 6.85. The van der Waals surface area contributed by atoms with Crippen molar-refractivity contribution < 1.29 is 14.6 Å². The van der Waals surface area contributed by atoms with Crippen molar-refractivity contribution in [2.45, 2.75) is 77.6 Å². The number of rotatable bonds is 12. The van der Waals surface area contributed by atoms with Gasteiger partial charge >= 0.3 is 5.97 Å². The highest BCUT2D eigenvalue weighted by molar-refractivity contribution is 7.09. The van der Waals surface area contributed by atoms with Crippen LogP contribution in [0.25, 0.3) is 11.3 Å². The maximum Gasteiger partial charge on any atom is 0.321 e. The van der Waals surface area contributed by atoms with E-state index in [1.165, 1.54) is 42.4 Å². The lowest BCUT2D eigenvalue weighted by Gasteiger charge is -2.33. The molecule has 0 radical (unpaired) electrons. The molecule has 1 atom stereocenters. The first-order valence-electron chi connectivity index (χ1n) is 14.3. The normalized spacial score (nSPS) is 15.2. The molecule has 0 bridgehead atoms. The molecule has 0 saturated heterocycles. The third-order valence-electron chi connectivity index (χ3n) is 7.80. The van der Waals surface area contributed by atoms with Crippen LogP contribution in [0.2, 0.25) is 0 Å². The number of nitrogens with zero attached hydrogens (tertiary/aromatic N) is 2. The highest BCUT2D eigenvalue weighted by Gasteiger charge is 2.31. The summed E-state index contributed by atoms with van der Waals surface area (Å²) in [4.78, 5) is 18.8. The fourth-order valence-corrected chi connectivity index (χ4v) is 6.45. The molecule has 1 aromatic heterocycles. The molecule has 2 heterocycles. The van der Waals surface area contributed by atoms with Crippen molar-refractivity contribution >= 4 is 17.3 Å². The zero-order chi connectivity index (χ0) is 27.9. The molecule has 6 heteroatoms. The zero-order valence-corrected chi connectivity index (χ0v) is 24.2. The lowest BCUT2D eigenvalue weighted by atomic mass is 9.90. The fourth-order valence-electron chi connectivity index (χ4n) is 5.63. The van der Waals surface area contributed by atoms with Gasteiger partial charge in [-0.3, -0.25) is 9.69 Å². The summed E-state index contributed by atoms with van der Waals surface area (Å²) < 4.78 is 6.07. The maximum atomic E-state index is 12.0. The molecule has 1 aliphatic rings. The summed E-state index contributed by atoms with van der Waals surface area (Å²) in [7, 11) is 0. The van der Waals surface area contributed by atoms with E-state index in [1.54, 1.807) is 11.3 Å². The van der Waals surface area contributed by atoms with Gasteiger partial charge in [0.15, 0.2) is 0 Å². The largest absolute Gasteiger partial charge is 0.489 e. The van der Waals surface area contributed by atoms with E-state index in [4.69, 9.17) is 9.72 Å².